The predicted octanol–water partition coefficient (Wildman–Crippen LogP) is 4.34. The Kier molecular flexibility index (Phi) is 12.3. The summed E-state index contributed by atoms with van der Waals surface area (Å²) in [5.41, 5.74) is 0. The van der Waals surface area contributed by atoms with Crippen molar-refractivity contribution < 1.29 is 24.5 Å². The van der Waals surface area contributed by atoms with Crippen LogP contribution in [0.25, 0.3) is 0 Å². The number of aliphatic hydroxyl groups excluding tert-OH is 2. The van der Waals surface area contributed by atoms with Crippen molar-refractivity contribution in [2.75, 3.05) is 0 Å². The van der Waals surface area contributed by atoms with Gasteiger partial charge in [-0.2, -0.15) is 0 Å². The Morgan fingerprint density at radius 3 is 2.64 bits per heavy atom. The van der Waals surface area contributed by atoms with E-state index in [0.717, 1.165) is 38.5 Å². The van der Waals surface area contributed by atoms with Crippen LogP contribution in [0.15, 0.2) is 12.2 Å². The quantitative estimate of drug-likeness (QED) is 0.259. The zero-order valence-corrected chi connectivity index (χ0v) is 17.9. The Morgan fingerprint density at radius 1 is 1.21 bits per heavy atom. The molecule has 1 rings (SSSR count). The number of hydrogen-bond donors (Lipinski definition) is 2. The number of carbonyl (C=O) groups is 2. The lowest BCUT2D eigenvalue weighted by Crippen LogP contribution is -2.21. The highest BCUT2D eigenvalue weighted by Crippen LogP contribution is 2.35. The number of aliphatic hydroxyl groups is 2. The molecule has 1 aliphatic carbocycles. The van der Waals surface area contributed by atoms with Crippen molar-refractivity contribution in [1.82, 2.24) is 0 Å². The maximum atomic E-state index is 12.2. The van der Waals surface area contributed by atoms with E-state index in [-0.39, 0.29) is 42.2 Å². The Hall–Kier alpha value is -1.20. The predicted molar refractivity (Wildman–Crippen MR) is 111 cm³/mol. The van der Waals surface area contributed by atoms with E-state index in [9.17, 15) is 19.8 Å². The fourth-order valence-corrected chi connectivity index (χ4v) is 3.92. The average molecular weight is 397 g/mol. The minimum Gasteiger partial charge on any atom is -0.463 e. The molecule has 0 aromatic heterocycles. The summed E-state index contributed by atoms with van der Waals surface area (Å²) in [5.74, 6) is -0.250. The largest absolute Gasteiger partial charge is 0.463 e. The number of carbonyl (C=O) groups excluding carboxylic acids is 2. The number of Topliss-reactive ketones (excluding diaryl/α,β-unsaturated/α-hetero) is 1. The van der Waals surface area contributed by atoms with Crippen molar-refractivity contribution in [2.45, 2.75) is 110 Å². The van der Waals surface area contributed by atoms with Crippen LogP contribution < -0.4 is 0 Å². The minimum absolute atomic E-state index is 0.0579. The summed E-state index contributed by atoms with van der Waals surface area (Å²) in [6.07, 6.45) is 11.2. The molecular weight excluding hydrogens is 356 g/mol. The molecule has 1 fully saturated rings. The molecule has 5 heteroatoms. The Balaban J connectivity index is 2.34. The van der Waals surface area contributed by atoms with Crippen molar-refractivity contribution in [3.8, 4) is 0 Å². The van der Waals surface area contributed by atoms with E-state index in [0.29, 0.717) is 25.7 Å². The molecule has 0 radical (unpaired) electrons. The maximum Gasteiger partial charge on any atom is 0.306 e. The molecule has 0 aromatic rings. The third-order valence-electron chi connectivity index (χ3n) is 5.48. The van der Waals surface area contributed by atoms with Gasteiger partial charge in [0.2, 0.25) is 0 Å². The van der Waals surface area contributed by atoms with Crippen molar-refractivity contribution in [1.29, 1.82) is 0 Å². The molecule has 0 saturated heterocycles. The number of esters is 1. The fourth-order valence-electron chi connectivity index (χ4n) is 3.92. The first-order valence-electron chi connectivity index (χ1n) is 11.1. The molecule has 0 amide bonds. The highest BCUT2D eigenvalue weighted by molar-refractivity contribution is 5.84. The maximum absolute atomic E-state index is 12.2. The zero-order chi connectivity index (χ0) is 20.9. The van der Waals surface area contributed by atoms with E-state index in [1.807, 2.05) is 26.0 Å². The first-order chi connectivity index (χ1) is 13.3. The van der Waals surface area contributed by atoms with Gasteiger partial charge in [0.15, 0.2) is 0 Å². The molecule has 162 valence electrons. The van der Waals surface area contributed by atoms with Crippen molar-refractivity contribution in [3.63, 3.8) is 0 Å². The zero-order valence-electron chi connectivity index (χ0n) is 17.9. The lowest BCUT2D eigenvalue weighted by Gasteiger charge is -2.20. The second-order valence-corrected chi connectivity index (χ2v) is 8.37. The third kappa shape index (κ3) is 9.83. The first-order valence-corrected chi connectivity index (χ1v) is 11.1. The van der Waals surface area contributed by atoms with Crippen molar-refractivity contribution in [2.24, 2.45) is 11.8 Å². The molecule has 5 nitrogen and oxygen atoms in total. The van der Waals surface area contributed by atoms with Crippen LogP contribution in [0.3, 0.4) is 0 Å². The standard InChI is InChI=1S/C23H40O5/c1-4-5-8-11-18(24)14-15-20-19(21(25)16-22(20)26)12-9-6-7-10-13-23(27)28-17(2)3/h6,9,17-21,24-25H,4-5,7-8,10-16H2,1-3H3/b9-6+/t18?,19-,20-,21-/m1/s1. The van der Waals surface area contributed by atoms with E-state index in [4.69, 9.17) is 4.74 Å². The number of rotatable bonds is 14. The lowest BCUT2D eigenvalue weighted by atomic mass is 9.86. The van der Waals surface area contributed by atoms with E-state index in [1.54, 1.807) is 0 Å². The van der Waals surface area contributed by atoms with Crippen LogP contribution in [0.5, 0.6) is 0 Å². The molecule has 0 spiro atoms. The van der Waals surface area contributed by atoms with E-state index in [2.05, 4.69) is 6.92 Å². The van der Waals surface area contributed by atoms with Gasteiger partial charge in [-0.1, -0.05) is 38.3 Å². The summed E-state index contributed by atoms with van der Waals surface area (Å²) < 4.78 is 5.10. The smallest absolute Gasteiger partial charge is 0.306 e. The van der Waals surface area contributed by atoms with Crippen LogP contribution in [0.2, 0.25) is 0 Å². The van der Waals surface area contributed by atoms with Gasteiger partial charge in [-0.3, -0.25) is 9.59 Å². The first kappa shape index (κ1) is 24.8. The molecule has 0 heterocycles. The van der Waals surface area contributed by atoms with Gasteiger partial charge in [0.1, 0.15) is 5.78 Å². The molecule has 0 aliphatic heterocycles. The van der Waals surface area contributed by atoms with Gasteiger partial charge in [0.05, 0.1) is 18.3 Å². The normalized spacial score (nSPS) is 23.6. The Labute approximate surface area is 170 Å². The van der Waals surface area contributed by atoms with Crippen LogP contribution in [-0.2, 0) is 14.3 Å². The van der Waals surface area contributed by atoms with Crippen molar-refractivity contribution in [3.05, 3.63) is 12.2 Å². The average Bonchev–Trinajstić information content (AvgIpc) is 2.88. The summed E-state index contributed by atoms with van der Waals surface area (Å²) in [6.45, 7) is 5.82. The van der Waals surface area contributed by atoms with Crippen LogP contribution in [-0.4, -0.2) is 40.3 Å². The summed E-state index contributed by atoms with van der Waals surface area (Å²) in [6, 6.07) is 0. The fraction of sp³-hybridized carbons (Fsp3) is 0.826. The summed E-state index contributed by atoms with van der Waals surface area (Å²) in [4.78, 5) is 23.7. The monoisotopic (exact) mass is 396 g/mol. The van der Waals surface area contributed by atoms with E-state index in [1.165, 1.54) is 0 Å². The van der Waals surface area contributed by atoms with Gasteiger partial charge < -0.3 is 14.9 Å². The number of allylic oxidation sites excluding steroid dienone is 2. The Bertz CT molecular complexity index is 485. The SMILES string of the molecule is CCCCCC(O)CC[C@H]1C(=O)C[C@@H](O)[C@@H]1C/C=C/CCCC(=O)OC(C)C. The number of ketones is 1. The topological polar surface area (TPSA) is 83.8 Å². The van der Waals surface area contributed by atoms with Gasteiger partial charge in [0.25, 0.3) is 0 Å². The molecule has 28 heavy (non-hydrogen) atoms. The molecule has 2 N–H and O–H groups in total. The van der Waals surface area contributed by atoms with Gasteiger partial charge >= 0.3 is 5.97 Å². The molecule has 1 saturated carbocycles. The van der Waals surface area contributed by atoms with Crippen LogP contribution in [0.1, 0.15) is 91.4 Å². The molecule has 1 unspecified atom stereocenters. The molecular formula is C23H40O5. The minimum atomic E-state index is -0.583. The summed E-state index contributed by atoms with van der Waals surface area (Å²) in [5, 5.41) is 20.4. The molecule has 0 aromatic carbocycles. The van der Waals surface area contributed by atoms with E-state index < -0.39 is 6.10 Å². The lowest BCUT2D eigenvalue weighted by molar-refractivity contribution is -0.147. The van der Waals surface area contributed by atoms with Crippen LogP contribution in [0, 0.1) is 11.8 Å². The Morgan fingerprint density at radius 2 is 1.96 bits per heavy atom. The second-order valence-electron chi connectivity index (χ2n) is 8.37. The van der Waals surface area contributed by atoms with Crippen molar-refractivity contribution >= 4 is 11.8 Å². The van der Waals surface area contributed by atoms with Gasteiger partial charge in [-0.25, -0.2) is 0 Å². The number of hydrogen-bond acceptors (Lipinski definition) is 5. The second kappa shape index (κ2) is 13.9. The number of ether oxygens (including phenoxy) is 1. The molecule has 0 bridgehead atoms. The van der Waals surface area contributed by atoms with Crippen LogP contribution in [0.4, 0.5) is 0 Å². The summed E-state index contributed by atoms with van der Waals surface area (Å²) >= 11 is 0. The van der Waals surface area contributed by atoms with Gasteiger partial charge in [0, 0.05) is 18.8 Å². The third-order valence-corrected chi connectivity index (χ3v) is 5.48. The van der Waals surface area contributed by atoms with E-state index >= 15 is 0 Å². The molecule has 1 aliphatic rings. The molecule has 4 atom stereocenters. The van der Waals surface area contributed by atoms with Gasteiger partial charge in [-0.05, 0) is 58.3 Å². The highest BCUT2D eigenvalue weighted by atomic mass is 16.5. The highest BCUT2D eigenvalue weighted by Gasteiger charge is 2.40. The summed E-state index contributed by atoms with van der Waals surface area (Å²) in [7, 11) is 0. The van der Waals surface area contributed by atoms with Gasteiger partial charge in [-0.15, -0.1) is 0 Å². The van der Waals surface area contributed by atoms with Crippen LogP contribution >= 0.6 is 0 Å². The number of unbranched alkanes of at least 4 members (excludes halogenated alkanes) is 3.